The molecular formula is C23H34N4O2. The molecule has 2 N–H and O–H groups in total. The van der Waals surface area contributed by atoms with Crippen LogP contribution >= 0.6 is 0 Å². The summed E-state index contributed by atoms with van der Waals surface area (Å²) in [4.78, 5) is 17.5. The number of rotatable bonds is 7. The quantitative estimate of drug-likeness (QED) is 0.777. The van der Waals surface area contributed by atoms with Gasteiger partial charge in [0.05, 0.1) is 5.52 Å². The average Bonchev–Trinajstić information content (AvgIpc) is 3.37. The monoisotopic (exact) mass is 398 g/mol. The first-order chi connectivity index (χ1) is 13.9. The molecule has 0 bridgehead atoms. The number of likely N-dealkylation sites (N-methyl/N-ethyl adjacent to an activating group) is 1. The summed E-state index contributed by atoms with van der Waals surface area (Å²) >= 11 is 0. The Hall–Kier alpha value is -2.05. The van der Waals surface area contributed by atoms with Crippen molar-refractivity contribution >= 4 is 16.6 Å². The number of aryl methyl sites for hydroxylation is 1. The van der Waals surface area contributed by atoms with Crippen molar-refractivity contribution in [2.24, 2.45) is 11.7 Å². The zero-order valence-corrected chi connectivity index (χ0v) is 18.1. The van der Waals surface area contributed by atoms with E-state index in [0.29, 0.717) is 24.3 Å². The second-order valence-electron chi connectivity index (χ2n) is 9.06. The summed E-state index contributed by atoms with van der Waals surface area (Å²) in [5, 5.41) is 1.04. The number of anilines is 1. The number of ether oxygens (including phenoxy) is 1. The Bertz CT molecular complexity index is 946. The molecule has 2 aliphatic rings. The molecule has 1 aromatic carbocycles. The molecule has 6 heteroatoms. The first kappa shape index (κ1) is 20.2. The standard InChI is InChI=1S/C23H34N4O2/c1-15-20(26-10-9-17(14-26)16(2)24)8-7-19-21(29-12-11-25(3)4)13-22(28)27(23(15)19)18-5-6-18/h7-8,13,16-18H,5-6,9-12,14,24H2,1-4H3/t16-,17+/m0/s1. The van der Waals surface area contributed by atoms with Gasteiger partial charge >= 0.3 is 0 Å². The predicted molar refractivity (Wildman–Crippen MR) is 119 cm³/mol. The largest absolute Gasteiger partial charge is 0.491 e. The van der Waals surface area contributed by atoms with Crippen LogP contribution in [0.5, 0.6) is 5.75 Å². The second-order valence-corrected chi connectivity index (χ2v) is 9.06. The van der Waals surface area contributed by atoms with Gasteiger partial charge in [-0.3, -0.25) is 4.79 Å². The van der Waals surface area contributed by atoms with Crippen molar-refractivity contribution in [3.63, 3.8) is 0 Å². The Kier molecular flexibility index (Phi) is 5.58. The molecule has 1 aliphatic carbocycles. The number of aromatic nitrogens is 1. The number of hydrogen-bond acceptors (Lipinski definition) is 5. The lowest BCUT2D eigenvalue weighted by Crippen LogP contribution is -2.30. The topological polar surface area (TPSA) is 63.7 Å². The number of nitrogens with zero attached hydrogens (tertiary/aromatic N) is 3. The zero-order valence-electron chi connectivity index (χ0n) is 18.1. The molecule has 2 fully saturated rings. The van der Waals surface area contributed by atoms with Crippen LogP contribution in [0.25, 0.3) is 10.9 Å². The van der Waals surface area contributed by atoms with Crippen LogP contribution in [-0.4, -0.2) is 55.8 Å². The van der Waals surface area contributed by atoms with Gasteiger partial charge in [-0.1, -0.05) is 0 Å². The molecule has 0 unspecified atom stereocenters. The summed E-state index contributed by atoms with van der Waals surface area (Å²) < 4.78 is 8.06. The summed E-state index contributed by atoms with van der Waals surface area (Å²) in [6, 6.07) is 6.55. The van der Waals surface area contributed by atoms with Gasteiger partial charge in [0.1, 0.15) is 12.4 Å². The highest BCUT2D eigenvalue weighted by atomic mass is 16.5. The van der Waals surface area contributed by atoms with Crippen LogP contribution in [0.1, 0.15) is 37.8 Å². The molecular weight excluding hydrogens is 364 g/mol. The number of hydrogen-bond donors (Lipinski definition) is 1. The molecule has 0 spiro atoms. The molecule has 0 amide bonds. The molecule has 1 saturated carbocycles. The zero-order chi connectivity index (χ0) is 20.7. The van der Waals surface area contributed by atoms with Gasteiger partial charge in [0.25, 0.3) is 5.56 Å². The number of nitrogens with two attached hydrogens (primary N) is 1. The van der Waals surface area contributed by atoms with Crippen molar-refractivity contribution in [3.8, 4) is 5.75 Å². The maximum Gasteiger partial charge on any atom is 0.255 e. The summed E-state index contributed by atoms with van der Waals surface area (Å²) in [6.07, 6.45) is 3.28. The van der Waals surface area contributed by atoms with Gasteiger partial charge in [-0.15, -0.1) is 0 Å². The van der Waals surface area contributed by atoms with Gasteiger partial charge in [0.2, 0.25) is 0 Å². The van der Waals surface area contributed by atoms with Gasteiger partial charge in [0.15, 0.2) is 0 Å². The normalized spacial score (nSPS) is 20.6. The fourth-order valence-electron chi connectivity index (χ4n) is 4.50. The van der Waals surface area contributed by atoms with Crippen molar-refractivity contribution in [3.05, 3.63) is 34.1 Å². The van der Waals surface area contributed by atoms with Crippen LogP contribution in [0, 0.1) is 12.8 Å². The van der Waals surface area contributed by atoms with Crippen LogP contribution in [0.3, 0.4) is 0 Å². The lowest BCUT2D eigenvalue weighted by atomic mass is 10.0. The molecule has 1 saturated heterocycles. The van der Waals surface area contributed by atoms with Crippen LogP contribution < -0.4 is 20.9 Å². The maximum atomic E-state index is 13.0. The molecule has 2 atom stereocenters. The van der Waals surface area contributed by atoms with E-state index >= 15 is 0 Å². The highest BCUT2D eigenvalue weighted by Crippen LogP contribution is 2.41. The minimum atomic E-state index is 0.0509. The third-order valence-corrected chi connectivity index (χ3v) is 6.42. The van der Waals surface area contributed by atoms with Crippen molar-refractivity contribution in [2.75, 3.05) is 45.2 Å². The smallest absolute Gasteiger partial charge is 0.255 e. The molecule has 2 aromatic rings. The summed E-state index contributed by atoms with van der Waals surface area (Å²) in [5.41, 5.74) is 9.65. The summed E-state index contributed by atoms with van der Waals surface area (Å²) in [7, 11) is 4.04. The van der Waals surface area contributed by atoms with Crippen molar-refractivity contribution in [1.82, 2.24) is 9.47 Å². The Morgan fingerprint density at radius 1 is 1.28 bits per heavy atom. The molecule has 1 aromatic heterocycles. The number of fused-ring (bicyclic) bond motifs is 1. The summed E-state index contributed by atoms with van der Waals surface area (Å²) in [6.45, 7) is 7.64. The van der Waals surface area contributed by atoms with Crippen molar-refractivity contribution < 1.29 is 4.74 Å². The van der Waals surface area contributed by atoms with E-state index in [2.05, 4.69) is 35.8 Å². The third kappa shape index (κ3) is 4.01. The predicted octanol–water partition coefficient (Wildman–Crippen LogP) is 2.76. The van der Waals surface area contributed by atoms with E-state index in [1.807, 2.05) is 18.7 Å². The first-order valence-corrected chi connectivity index (χ1v) is 10.8. The molecule has 0 radical (unpaired) electrons. The van der Waals surface area contributed by atoms with Gasteiger partial charge in [-0.25, -0.2) is 0 Å². The van der Waals surface area contributed by atoms with Crippen molar-refractivity contribution in [1.29, 1.82) is 0 Å². The van der Waals surface area contributed by atoms with E-state index in [4.69, 9.17) is 10.5 Å². The Balaban J connectivity index is 1.77. The van der Waals surface area contributed by atoms with Crippen LogP contribution in [0.4, 0.5) is 5.69 Å². The lowest BCUT2D eigenvalue weighted by Gasteiger charge is -2.25. The van der Waals surface area contributed by atoms with Gasteiger partial charge in [-0.2, -0.15) is 0 Å². The lowest BCUT2D eigenvalue weighted by molar-refractivity contribution is 0.263. The maximum absolute atomic E-state index is 13.0. The van der Waals surface area contributed by atoms with Gasteiger partial charge in [-0.05, 0) is 70.8 Å². The SMILES string of the molecule is Cc1c(N2CC[C@@H]([C@H](C)N)C2)ccc2c(OCCN(C)C)cc(=O)n(C3CC3)c12. The third-order valence-electron chi connectivity index (χ3n) is 6.42. The number of benzene rings is 1. The molecule has 2 heterocycles. The minimum Gasteiger partial charge on any atom is -0.491 e. The number of pyridine rings is 1. The Morgan fingerprint density at radius 3 is 2.66 bits per heavy atom. The molecule has 4 rings (SSSR count). The molecule has 6 nitrogen and oxygen atoms in total. The molecule has 29 heavy (non-hydrogen) atoms. The van der Waals surface area contributed by atoms with Crippen LogP contribution in [-0.2, 0) is 0 Å². The van der Waals surface area contributed by atoms with E-state index in [9.17, 15) is 4.79 Å². The second kappa shape index (κ2) is 8.00. The minimum absolute atomic E-state index is 0.0509. The first-order valence-electron chi connectivity index (χ1n) is 10.8. The Labute approximate surface area is 173 Å². The van der Waals surface area contributed by atoms with Gasteiger partial charge in [0, 0.05) is 48.9 Å². The van der Waals surface area contributed by atoms with E-state index in [1.165, 1.54) is 11.3 Å². The summed E-state index contributed by atoms with van der Waals surface area (Å²) in [5.74, 6) is 1.23. The fourth-order valence-corrected chi connectivity index (χ4v) is 4.50. The van der Waals surface area contributed by atoms with Crippen molar-refractivity contribution in [2.45, 2.75) is 45.2 Å². The van der Waals surface area contributed by atoms with E-state index in [-0.39, 0.29) is 11.6 Å². The highest BCUT2D eigenvalue weighted by molar-refractivity contribution is 5.92. The van der Waals surface area contributed by atoms with Crippen LogP contribution in [0.2, 0.25) is 0 Å². The average molecular weight is 399 g/mol. The van der Waals surface area contributed by atoms with Gasteiger partial charge < -0.3 is 24.8 Å². The van der Waals surface area contributed by atoms with E-state index in [1.54, 1.807) is 6.07 Å². The molecule has 158 valence electrons. The highest BCUT2D eigenvalue weighted by Gasteiger charge is 2.30. The fraction of sp³-hybridized carbons (Fsp3) is 0.609. The molecule has 1 aliphatic heterocycles. The van der Waals surface area contributed by atoms with Crippen LogP contribution in [0.15, 0.2) is 23.0 Å². The van der Waals surface area contributed by atoms with E-state index in [0.717, 1.165) is 49.8 Å². The van der Waals surface area contributed by atoms with E-state index < -0.39 is 0 Å². The Morgan fingerprint density at radius 2 is 2.03 bits per heavy atom.